The molecule has 3 aliphatic rings. The number of nitrogens with zero attached hydrogens (tertiary/aromatic N) is 4. The smallest absolute Gasteiger partial charge is 0.259 e. The van der Waals surface area contributed by atoms with Crippen molar-refractivity contribution in [2.75, 3.05) is 6.61 Å². The minimum absolute atomic E-state index is 0.105. The standard InChI is InChI=1S/C14H19N5O5/c1-6(2)11(22)17-14-16-10-9(12(23)18-14)15-5-19(10)13-8(21)3-7(4-20)24-13/h5-9,13,20-21H,3-4H2,1-2H3,(H,17,18,22,23)/t7-,8+,9?,13+/m0/s1. The average Bonchev–Trinajstić information content (AvgIpc) is 3.10. The predicted octanol–water partition coefficient (Wildman–Crippen LogP) is -1.77. The Bertz CT molecular complexity index is 643. The lowest BCUT2D eigenvalue weighted by Crippen LogP contribution is -2.52. The van der Waals surface area contributed by atoms with Crippen LogP contribution in [0.2, 0.25) is 0 Å². The van der Waals surface area contributed by atoms with Gasteiger partial charge < -0.3 is 14.9 Å². The first-order valence-electron chi connectivity index (χ1n) is 7.68. The molecule has 3 N–H and O–H groups in total. The maximum absolute atomic E-state index is 12.1. The molecule has 3 aliphatic heterocycles. The third-order valence-electron chi connectivity index (χ3n) is 3.91. The number of amidine groups is 1. The van der Waals surface area contributed by atoms with E-state index in [0.717, 1.165) is 0 Å². The molecule has 2 amide bonds. The summed E-state index contributed by atoms with van der Waals surface area (Å²) >= 11 is 0. The highest BCUT2D eigenvalue weighted by Crippen LogP contribution is 2.26. The highest BCUT2D eigenvalue weighted by atomic mass is 16.5. The zero-order valence-corrected chi connectivity index (χ0v) is 13.3. The van der Waals surface area contributed by atoms with Gasteiger partial charge in [0.1, 0.15) is 6.10 Å². The molecular weight excluding hydrogens is 318 g/mol. The van der Waals surface area contributed by atoms with E-state index in [0.29, 0.717) is 0 Å². The van der Waals surface area contributed by atoms with Gasteiger partial charge in [-0.05, 0) is 0 Å². The summed E-state index contributed by atoms with van der Waals surface area (Å²) in [6, 6.07) is -0.873. The van der Waals surface area contributed by atoms with Gasteiger partial charge in [0.15, 0.2) is 18.1 Å². The minimum Gasteiger partial charge on any atom is -0.394 e. The fourth-order valence-electron chi connectivity index (χ4n) is 2.60. The molecule has 3 heterocycles. The van der Waals surface area contributed by atoms with Gasteiger partial charge in [-0.2, -0.15) is 9.98 Å². The van der Waals surface area contributed by atoms with Gasteiger partial charge in [0, 0.05) is 12.3 Å². The normalized spacial score (nSPS) is 33.9. The molecule has 10 nitrogen and oxygen atoms in total. The highest BCUT2D eigenvalue weighted by molar-refractivity contribution is 6.24. The number of aliphatic imine (C=N–C) groups is 3. The lowest BCUT2D eigenvalue weighted by atomic mass is 10.1. The van der Waals surface area contributed by atoms with E-state index in [4.69, 9.17) is 4.74 Å². The Morgan fingerprint density at radius 2 is 2.33 bits per heavy atom. The Balaban J connectivity index is 1.87. The first-order chi connectivity index (χ1) is 11.4. The van der Waals surface area contributed by atoms with Crippen molar-refractivity contribution < 1.29 is 24.5 Å². The lowest BCUT2D eigenvalue weighted by Gasteiger charge is -2.28. The number of fused-ring (bicyclic) bond motifs is 1. The topological polar surface area (TPSA) is 136 Å². The van der Waals surface area contributed by atoms with Crippen LogP contribution in [-0.2, 0) is 14.3 Å². The number of hydrogen-bond donors (Lipinski definition) is 3. The Kier molecular flexibility index (Phi) is 4.43. The van der Waals surface area contributed by atoms with E-state index in [1.807, 2.05) is 0 Å². The van der Waals surface area contributed by atoms with Gasteiger partial charge in [0.05, 0.1) is 19.0 Å². The van der Waals surface area contributed by atoms with Crippen molar-refractivity contribution in [2.24, 2.45) is 20.9 Å². The number of ether oxygens (including phenoxy) is 1. The Morgan fingerprint density at radius 3 is 2.96 bits per heavy atom. The van der Waals surface area contributed by atoms with Gasteiger partial charge in [0.25, 0.3) is 11.8 Å². The van der Waals surface area contributed by atoms with Gasteiger partial charge in [0.2, 0.25) is 5.96 Å². The van der Waals surface area contributed by atoms with Gasteiger partial charge in [-0.15, -0.1) is 0 Å². The van der Waals surface area contributed by atoms with E-state index in [-0.39, 0.29) is 30.7 Å². The van der Waals surface area contributed by atoms with Crippen molar-refractivity contribution in [3.8, 4) is 0 Å². The predicted molar refractivity (Wildman–Crippen MR) is 83.3 cm³/mol. The van der Waals surface area contributed by atoms with Crippen molar-refractivity contribution in [1.82, 2.24) is 10.2 Å². The molecular formula is C14H19N5O5. The molecule has 0 saturated carbocycles. The van der Waals surface area contributed by atoms with Crippen LogP contribution in [0.1, 0.15) is 20.3 Å². The fourth-order valence-corrected chi connectivity index (χ4v) is 2.60. The number of guanidine groups is 1. The zero-order valence-electron chi connectivity index (χ0n) is 13.3. The Hall–Kier alpha value is -2.17. The molecule has 0 bridgehead atoms. The third kappa shape index (κ3) is 2.95. The van der Waals surface area contributed by atoms with Crippen molar-refractivity contribution in [1.29, 1.82) is 0 Å². The number of nitrogens with one attached hydrogen (secondary N) is 1. The molecule has 0 spiro atoms. The van der Waals surface area contributed by atoms with Crippen molar-refractivity contribution in [2.45, 2.75) is 44.7 Å². The number of aliphatic hydroxyl groups is 2. The highest BCUT2D eigenvalue weighted by Gasteiger charge is 2.45. The van der Waals surface area contributed by atoms with Gasteiger partial charge in [-0.25, -0.2) is 0 Å². The second-order valence-electron chi connectivity index (χ2n) is 6.10. The summed E-state index contributed by atoms with van der Waals surface area (Å²) in [5.74, 6) is -1.06. The molecule has 1 fully saturated rings. The maximum atomic E-state index is 12.1. The molecule has 1 saturated heterocycles. The SMILES string of the molecule is CC(C)C(=O)N=C1N=C2C(N=CN2[C@@H]2O[C@H](CO)C[C@H]2O)C(=O)N1. The van der Waals surface area contributed by atoms with Gasteiger partial charge >= 0.3 is 0 Å². The van der Waals surface area contributed by atoms with E-state index >= 15 is 0 Å². The van der Waals surface area contributed by atoms with E-state index in [1.165, 1.54) is 11.2 Å². The van der Waals surface area contributed by atoms with Crippen LogP contribution < -0.4 is 5.32 Å². The quantitative estimate of drug-likeness (QED) is 0.558. The summed E-state index contributed by atoms with van der Waals surface area (Å²) in [5, 5.41) is 21.7. The van der Waals surface area contributed by atoms with E-state index in [9.17, 15) is 19.8 Å². The largest absolute Gasteiger partial charge is 0.394 e. The molecule has 4 atom stereocenters. The minimum atomic E-state index is -0.873. The summed E-state index contributed by atoms with van der Waals surface area (Å²) in [5.41, 5.74) is 0. The van der Waals surface area contributed by atoms with E-state index in [1.54, 1.807) is 13.8 Å². The zero-order chi connectivity index (χ0) is 17.4. The van der Waals surface area contributed by atoms with Crippen LogP contribution in [0.4, 0.5) is 0 Å². The molecule has 24 heavy (non-hydrogen) atoms. The molecule has 3 rings (SSSR count). The molecule has 0 radical (unpaired) electrons. The average molecular weight is 337 g/mol. The number of rotatable bonds is 3. The van der Waals surface area contributed by atoms with Gasteiger partial charge in [-0.1, -0.05) is 13.8 Å². The third-order valence-corrected chi connectivity index (χ3v) is 3.91. The van der Waals surface area contributed by atoms with Crippen molar-refractivity contribution in [3.05, 3.63) is 0 Å². The van der Waals surface area contributed by atoms with Crippen molar-refractivity contribution in [3.63, 3.8) is 0 Å². The van der Waals surface area contributed by atoms with E-state index < -0.39 is 36.3 Å². The van der Waals surface area contributed by atoms with Crippen molar-refractivity contribution >= 4 is 29.9 Å². The van der Waals surface area contributed by atoms with Crippen LogP contribution in [0.25, 0.3) is 0 Å². The van der Waals surface area contributed by atoms with Crippen LogP contribution in [0.3, 0.4) is 0 Å². The molecule has 0 aliphatic carbocycles. The van der Waals surface area contributed by atoms with Crippen LogP contribution >= 0.6 is 0 Å². The molecule has 1 unspecified atom stereocenters. The molecule has 130 valence electrons. The molecule has 0 aromatic rings. The Morgan fingerprint density at radius 1 is 1.58 bits per heavy atom. The molecule has 0 aromatic carbocycles. The van der Waals surface area contributed by atoms with Crippen LogP contribution in [0.15, 0.2) is 15.0 Å². The van der Waals surface area contributed by atoms with Crippen LogP contribution in [0.5, 0.6) is 0 Å². The Labute approximate surface area is 137 Å². The fraction of sp³-hybridized carbons (Fsp3) is 0.643. The number of carbonyl (C=O) groups is 2. The molecule has 10 heteroatoms. The summed E-state index contributed by atoms with van der Waals surface area (Å²) in [6.07, 6.45) is -0.529. The first-order valence-corrected chi connectivity index (χ1v) is 7.68. The monoisotopic (exact) mass is 337 g/mol. The maximum Gasteiger partial charge on any atom is 0.259 e. The number of amides is 2. The summed E-state index contributed by atoms with van der Waals surface area (Å²) < 4.78 is 5.56. The molecule has 0 aromatic heterocycles. The number of aliphatic hydroxyl groups excluding tert-OH is 2. The van der Waals surface area contributed by atoms with Gasteiger partial charge in [-0.3, -0.25) is 24.8 Å². The second kappa shape index (κ2) is 6.38. The van der Waals surface area contributed by atoms with E-state index in [2.05, 4.69) is 20.3 Å². The lowest BCUT2D eigenvalue weighted by molar-refractivity contribution is -0.120. The summed E-state index contributed by atoms with van der Waals surface area (Å²) in [6.45, 7) is 3.16. The summed E-state index contributed by atoms with van der Waals surface area (Å²) in [7, 11) is 0. The second-order valence-corrected chi connectivity index (χ2v) is 6.10. The first kappa shape index (κ1) is 16.7. The number of carbonyl (C=O) groups excluding carboxylic acids is 2. The van der Waals surface area contributed by atoms with Crippen LogP contribution in [0, 0.1) is 5.92 Å². The van der Waals surface area contributed by atoms with Crippen LogP contribution in [-0.4, -0.2) is 76.1 Å². The summed E-state index contributed by atoms with van der Waals surface area (Å²) in [4.78, 5) is 37.4. The number of hydrogen-bond acceptors (Lipinski definition) is 7.